The maximum Gasteiger partial charge on any atom is 0.254 e. The third-order valence-electron chi connectivity index (χ3n) is 4.11. The van der Waals surface area contributed by atoms with Gasteiger partial charge in [0.05, 0.1) is 17.3 Å². The molecule has 1 amide bonds. The lowest BCUT2D eigenvalue weighted by Crippen LogP contribution is -2.37. The summed E-state index contributed by atoms with van der Waals surface area (Å²) >= 11 is 1.56. The van der Waals surface area contributed by atoms with Crippen LogP contribution in [0, 0.1) is 0 Å². The molecule has 1 aromatic carbocycles. The van der Waals surface area contributed by atoms with Gasteiger partial charge in [-0.15, -0.1) is 11.3 Å². The number of carbonyl (C=O) groups is 1. The van der Waals surface area contributed by atoms with Crippen LogP contribution in [0.3, 0.4) is 0 Å². The standard InChI is InChI=1S/C17H20N2O2S/c1-12(20)9-15-3-2-8-19(15)17(21)14-6-4-13(5-7-14)16-10-22-11-18-16/h4-7,10-12,15,20H,2-3,8-9H2,1H3. The minimum Gasteiger partial charge on any atom is -0.393 e. The zero-order valence-corrected chi connectivity index (χ0v) is 13.4. The van der Waals surface area contributed by atoms with Crippen LogP contribution in [-0.4, -0.2) is 39.6 Å². The number of carbonyl (C=O) groups excluding carboxylic acids is 1. The van der Waals surface area contributed by atoms with E-state index < -0.39 is 0 Å². The lowest BCUT2D eigenvalue weighted by molar-refractivity contribution is 0.0682. The summed E-state index contributed by atoms with van der Waals surface area (Å²) < 4.78 is 0. The maximum absolute atomic E-state index is 12.7. The van der Waals surface area contributed by atoms with Crippen LogP contribution in [0.2, 0.25) is 0 Å². The monoisotopic (exact) mass is 316 g/mol. The number of nitrogens with zero attached hydrogens (tertiary/aromatic N) is 2. The van der Waals surface area contributed by atoms with Crippen molar-refractivity contribution in [3.05, 3.63) is 40.7 Å². The summed E-state index contributed by atoms with van der Waals surface area (Å²) in [4.78, 5) is 18.9. The van der Waals surface area contributed by atoms with Crippen LogP contribution in [0.1, 0.15) is 36.5 Å². The highest BCUT2D eigenvalue weighted by Crippen LogP contribution is 2.25. The van der Waals surface area contributed by atoms with E-state index in [9.17, 15) is 9.90 Å². The molecule has 1 aromatic heterocycles. The highest BCUT2D eigenvalue weighted by atomic mass is 32.1. The smallest absolute Gasteiger partial charge is 0.254 e. The van der Waals surface area contributed by atoms with E-state index in [2.05, 4.69) is 4.98 Å². The quantitative estimate of drug-likeness (QED) is 0.942. The molecule has 2 aromatic rings. The van der Waals surface area contributed by atoms with Crippen LogP contribution in [0.25, 0.3) is 11.3 Å². The summed E-state index contributed by atoms with van der Waals surface area (Å²) in [6.45, 7) is 2.56. The molecule has 0 bridgehead atoms. The van der Waals surface area contributed by atoms with Gasteiger partial charge in [0.2, 0.25) is 0 Å². The van der Waals surface area contributed by atoms with Gasteiger partial charge >= 0.3 is 0 Å². The summed E-state index contributed by atoms with van der Waals surface area (Å²) in [6, 6.07) is 7.79. The van der Waals surface area contributed by atoms with E-state index in [4.69, 9.17) is 0 Å². The Hall–Kier alpha value is -1.72. The Kier molecular flexibility index (Phi) is 4.55. The van der Waals surface area contributed by atoms with Crippen molar-refractivity contribution in [1.82, 2.24) is 9.88 Å². The molecule has 1 aliphatic heterocycles. The van der Waals surface area contributed by atoms with Crippen molar-refractivity contribution in [1.29, 1.82) is 0 Å². The first kappa shape index (κ1) is 15.2. The zero-order valence-electron chi connectivity index (χ0n) is 12.6. The van der Waals surface area contributed by atoms with Crippen LogP contribution in [0.5, 0.6) is 0 Å². The third kappa shape index (κ3) is 3.20. The van der Waals surface area contributed by atoms with Gasteiger partial charge in [0, 0.05) is 29.1 Å². The summed E-state index contributed by atoms with van der Waals surface area (Å²) in [7, 11) is 0. The van der Waals surface area contributed by atoms with Crippen molar-refractivity contribution in [2.24, 2.45) is 0 Å². The van der Waals surface area contributed by atoms with Crippen LogP contribution in [0.4, 0.5) is 0 Å². The summed E-state index contributed by atoms with van der Waals surface area (Å²) in [5.41, 5.74) is 4.48. The predicted molar refractivity (Wildman–Crippen MR) is 87.9 cm³/mol. The molecule has 1 saturated heterocycles. The number of likely N-dealkylation sites (tertiary alicyclic amines) is 1. The molecule has 2 unspecified atom stereocenters. The van der Waals surface area contributed by atoms with Crippen molar-refractivity contribution < 1.29 is 9.90 Å². The summed E-state index contributed by atoms with van der Waals surface area (Å²) in [5, 5.41) is 11.6. The van der Waals surface area contributed by atoms with Crippen LogP contribution < -0.4 is 0 Å². The number of aromatic nitrogens is 1. The molecule has 5 heteroatoms. The molecule has 2 atom stereocenters. The molecule has 0 saturated carbocycles. The lowest BCUT2D eigenvalue weighted by atomic mass is 10.1. The number of aliphatic hydroxyl groups is 1. The average Bonchev–Trinajstić information content (AvgIpc) is 3.17. The van der Waals surface area contributed by atoms with E-state index in [1.165, 1.54) is 0 Å². The Morgan fingerprint density at radius 2 is 2.23 bits per heavy atom. The van der Waals surface area contributed by atoms with E-state index in [1.807, 2.05) is 34.5 Å². The van der Waals surface area contributed by atoms with E-state index >= 15 is 0 Å². The molecule has 116 valence electrons. The Labute approximate surface area is 134 Å². The predicted octanol–water partition coefficient (Wildman–Crippen LogP) is 3.19. The van der Waals surface area contributed by atoms with Crippen molar-refractivity contribution in [2.45, 2.75) is 38.3 Å². The normalized spacial score (nSPS) is 19.4. The topological polar surface area (TPSA) is 53.4 Å². The number of hydrogen-bond donors (Lipinski definition) is 1. The summed E-state index contributed by atoms with van der Waals surface area (Å²) in [5.74, 6) is 0.0629. The van der Waals surface area contributed by atoms with E-state index in [0.717, 1.165) is 30.6 Å². The van der Waals surface area contributed by atoms with E-state index in [-0.39, 0.29) is 18.1 Å². The molecule has 1 aliphatic rings. The van der Waals surface area contributed by atoms with Crippen molar-refractivity contribution in [3.8, 4) is 11.3 Å². The highest BCUT2D eigenvalue weighted by molar-refractivity contribution is 7.07. The number of benzene rings is 1. The fraction of sp³-hybridized carbons (Fsp3) is 0.412. The molecule has 1 fully saturated rings. The van der Waals surface area contributed by atoms with Gasteiger partial charge in [-0.1, -0.05) is 12.1 Å². The first-order chi connectivity index (χ1) is 10.6. The Balaban J connectivity index is 1.74. The average molecular weight is 316 g/mol. The molecule has 0 spiro atoms. The van der Waals surface area contributed by atoms with Crippen molar-refractivity contribution >= 4 is 17.2 Å². The van der Waals surface area contributed by atoms with Crippen LogP contribution >= 0.6 is 11.3 Å². The molecule has 2 heterocycles. The van der Waals surface area contributed by atoms with Gasteiger partial charge in [0.15, 0.2) is 0 Å². The maximum atomic E-state index is 12.7. The molecule has 0 radical (unpaired) electrons. The highest BCUT2D eigenvalue weighted by Gasteiger charge is 2.30. The number of rotatable bonds is 4. The molecule has 1 N–H and O–H groups in total. The van der Waals surface area contributed by atoms with Crippen molar-refractivity contribution in [2.75, 3.05) is 6.54 Å². The molecular formula is C17H20N2O2S. The number of aliphatic hydroxyl groups excluding tert-OH is 1. The first-order valence-electron chi connectivity index (χ1n) is 7.63. The van der Waals surface area contributed by atoms with Gasteiger partial charge in [-0.25, -0.2) is 4.98 Å². The molecular weight excluding hydrogens is 296 g/mol. The minimum atomic E-state index is -0.370. The van der Waals surface area contributed by atoms with Gasteiger partial charge in [-0.05, 0) is 38.3 Å². The lowest BCUT2D eigenvalue weighted by Gasteiger charge is -2.25. The van der Waals surface area contributed by atoms with Gasteiger partial charge in [-0.2, -0.15) is 0 Å². The Morgan fingerprint density at radius 3 is 2.86 bits per heavy atom. The molecule has 4 nitrogen and oxygen atoms in total. The largest absolute Gasteiger partial charge is 0.393 e. The molecule has 0 aliphatic carbocycles. The third-order valence-corrected chi connectivity index (χ3v) is 4.70. The zero-order chi connectivity index (χ0) is 15.5. The van der Waals surface area contributed by atoms with Gasteiger partial charge in [0.1, 0.15) is 0 Å². The Bertz CT molecular complexity index is 623. The number of amides is 1. The SMILES string of the molecule is CC(O)CC1CCCN1C(=O)c1ccc(-c2cscn2)cc1. The second-order valence-corrected chi connectivity index (χ2v) is 6.55. The molecule has 3 rings (SSSR count). The number of thiazole rings is 1. The summed E-state index contributed by atoms with van der Waals surface area (Å²) in [6.07, 6.45) is 2.28. The van der Waals surface area contributed by atoms with Crippen LogP contribution in [0.15, 0.2) is 35.2 Å². The van der Waals surface area contributed by atoms with E-state index in [0.29, 0.717) is 12.0 Å². The second-order valence-electron chi connectivity index (χ2n) is 5.83. The Morgan fingerprint density at radius 1 is 1.45 bits per heavy atom. The molecule has 22 heavy (non-hydrogen) atoms. The van der Waals surface area contributed by atoms with Crippen molar-refractivity contribution in [3.63, 3.8) is 0 Å². The van der Waals surface area contributed by atoms with Gasteiger partial charge in [0.25, 0.3) is 5.91 Å². The minimum absolute atomic E-state index is 0.0629. The first-order valence-corrected chi connectivity index (χ1v) is 8.57. The number of hydrogen-bond acceptors (Lipinski definition) is 4. The van der Waals surface area contributed by atoms with Crippen LogP contribution in [-0.2, 0) is 0 Å². The van der Waals surface area contributed by atoms with Gasteiger partial charge < -0.3 is 10.0 Å². The fourth-order valence-corrected chi connectivity index (χ4v) is 3.61. The second kappa shape index (κ2) is 6.58. The van der Waals surface area contributed by atoms with Gasteiger partial charge in [-0.3, -0.25) is 4.79 Å². The van der Waals surface area contributed by atoms with E-state index in [1.54, 1.807) is 23.8 Å². The fourth-order valence-electron chi connectivity index (χ4n) is 3.05.